The Kier molecular flexibility index (Phi) is 6.20. The van der Waals surface area contributed by atoms with Crippen molar-refractivity contribution in [1.29, 1.82) is 0 Å². The quantitative estimate of drug-likeness (QED) is 0.614. The molecular formula is C20H21N3O4S. The zero-order valence-corrected chi connectivity index (χ0v) is 16.5. The number of fused-ring (bicyclic) bond motifs is 1. The van der Waals surface area contributed by atoms with Crippen LogP contribution in [0.15, 0.2) is 41.5 Å². The number of esters is 1. The molecule has 0 aliphatic carbocycles. The summed E-state index contributed by atoms with van der Waals surface area (Å²) in [5.41, 5.74) is 1.70. The van der Waals surface area contributed by atoms with Crippen molar-refractivity contribution in [2.45, 2.75) is 26.8 Å². The lowest BCUT2D eigenvalue weighted by atomic mass is 10.1. The first kappa shape index (κ1) is 19.8. The Morgan fingerprint density at radius 1 is 1.21 bits per heavy atom. The first-order chi connectivity index (χ1) is 13.5. The fourth-order valence-corrected chi connectivity index (χ4v) is 3.74. The van der Waals surface area contributed by atoms with Gasteiger partial charge in [0.05, 0.1) is 11.7 Å². The molecule has 0 radical (unpaired) electrons. The van der Waals surface area contributed by atoms with Gasteiger partial charge in [-0.1, -0.05) is 30.3 Å². The second-order valence-electron chi connectivity index (χ2n) is 6.39. The van der Waals surface area contributed by atoms with Gasteiger partial charge in [-0.05, 0) is 31.4 Å². The van der Waals surface area contributed by atoms with E-state index in [1.54, 1.807) is 0 Å². The molecule has 8 heteroatoms. The van der Waals surface area contributed by atoms with Crippen LogP contribution in [-0.4, -0.2) is 34.6 Å². The van der Waals surface area contributed by atoms with Crippen molar-refractivity contribution in [2.75, 3.05) is 13.2 Å². The summed E-state index contributed by atoms with van der Waals surface area (Å²) in [4.78, 5) is 42.3. The van der Waals surface area contributed by atoms with Crippen LogP contribution in [0.4, 0.5) is 0 Å². The molecule has 2 aromatic heterocycles. The maximum atomic E-state index is 12.6. The molecule has 0 fully saturated rings. The fraction of sp³-hybridized carbons (Fsp3) is 0.300. The van der Waals surface area contributed by atoms with Gasteiger partial charge >= 0.3 is 5.97 Å². The smallest absolute Gasteiger partial charge is 0.326 e. The maximum absolute atomic E-state index is 12.6. The minimum absolute atomic E-state index is 0.281. The predicted octanol–water partition coefficient (Wildman–Crippen LogP) is 1.98. The van der Waals surface area contributed by atoms with E-state index in [1.807, 2.05) is 44.2 Å². The normalized spacial score (nSPS) is 10.8. The molecule has 0 aliphatic heterocycles. The first-order valence-electron chi connectivity index (χ1n) is 8.87. The number of amides is 1. The van der Waals surface area contributed by atoms with Crippen LogP contribution < -0.4 is 10.9 Å². The molecule has 7 nitrogen and oxygen atoms in total. The lowest BCUT2D eigenvalue weighted by Crippen LogP contribution is -2.32. The second-order valence-corrected chi connectivity index (χ2v) is 7.59. The van der Waals surface area contributed by atoms with Crippen molar-refractivity contribution >= 4 is 33.4 Å². The Morgan fingerprint density at radius 3 is 2.71 bits per heavy atom. The van der Waals surface area contributed by atoms with Gasteiger partial charge in [0, 0.05) is 11.4 Å². The van der Waals surface area contributed by atoms with E-state index >= 15 is 0 Å². The van der Waals surface area contributed by atoms with Crippen molar-refractivity contribution in [3.05, 3.63) is 63.0 Å². The monoisotopic (exact) mass is 399 g/mol. The Morgan fingerprint density at radius 2 is 1.96 bits per heavy atom. The number of aryl methyl sites for hydroxylation is 2. The van der Waals surface area contributed by atoms with Gasteiger partial charge < -0.3 is 10.1 Å². The molecule has 3 rings (SSSR count). The summed E-state index contributed by atoms with van der Waals surface area (Å²) < 4.78 is 6.18. The maximum Gasteiger partial charge on any atom is 0.326 e. The standard InChI is InChI=1S/C20H21N3O4S/c1-13-14(2)28-19-18(13)20(26)23(12-22-19)10-17(25)27-11-16(24)21-9-8-15-6-4-3-5-7-15/h3-7,12H,8-11H2,1-2H3,(H,21,24). The summed E-state index contributed by atoms with van der Waals surface area (Å²) in [6, 6.07) is 9.76. The lowest BCUT2D eigenvalue weighted by Gasteiger charge is -2.08. The Bertz CT molecular complexity index is 1060. The SMILES string of the molecule is Cc1sc2ncn(CC(=O)OCC(=O)NCCc3ccccc3)c(=O)c2c1C. The molecule has 3 aromatic rings. The first-order valence-corrected chi connectivity index (χ1v) is 9.68. The third-order valence-electron chi connectivity index (χ3n) is 4.40. The van der Waals surface area contributed by atoms with Crippen LogP contribution >= 0.6 is 11.3 Å². The summed E-state index contributed by atoms with van der Waals surface area (Å²) in [7, 11) is 0. The number of carbonyl (C=O) groups excluding carboxylic acids is 2. The minimum atomic E-state index is -0.661. The summed E-state index contributed by atoms with van der Waals surface area (Å²) >= 11 is 1.45. The predicted molar refractivity (Wildman–Crippen MR) is 107 cm³/mol. The zero-order valence-electron chi connectivity index (χ0n) is 15.7. The van der Waals surface area contributed by atoms with Crippen molar-refractivity contribution in [2.24, 2.45) is 0 Å². The molecule has 0 unspecified atom stereocenters. The highest BCUT2D eigenvalue weighted by molar-refractivity contribution is 7.18. The third-order valence-corrected chi connectivity index (χ3v) is 5.51. The second kappa shape index (κ2) is 8.79. The van der Waals surface area contributed by atoms with Crippen LogP contribution in [0.2, 0.25) is 0 Å². The number of carbonyl (C=O) groups is 2. The molecule has 1 N–H and O–H groups in total. The highest BCUT2D eigenvalue weighted by Crippen LogP contribution is 2.25. The van der Waals surface area contributed by atoms with Crippen LogP contribution in [0.1, 0.15) is 16.0 Å². The minimum Gasteiger partial charge on any atom is -0.454 e. The van der Waals surface area contributed by atoms with Crippen molar-refractivity contribution in [3.63, 3.8) is 0 Å². The molecule has 28 heavy (non-hydrogen) atoms. The number of hydrogen-bond donors (Lipinski definition) is 1. The van der Waals surface area contributed by atoms with Crippen LogP contribution in [0, 0.1) is 13.8 Å². The Labute approximate surface area is 166 Å². The zero-order chi connectivity index (χ0) is 20.1. The number of nitrogens with zero attached hydrogens (tertiary/aromatic N) is 2. The Hall–Kier alpha value is -3.00. The topological polar surface area (TPSA) is 90.3 Å². The average Bonchev–Trinajstić information content (AvgIpc) is 2.98. The summed E-state index contributed by atoms with van der Waals surface area (Å²) in [5.74, 6) is -1.04. The van der Waals surface area contributed by atoms with Gasteiger partial charge in [0.1, 0.15) is 11.4 Å². The van der Waals surface area contributed by atoms with Gasteiger partial charge in [-0.2, -0.15) is 0 Å². The highest BCUT2D eigenvalue weighted by atomic mass is 32.1. The molecule has 1 aromatic carbocycles. The molecule has 0 bridgehead atoms. The van der Waals surface area contributed by atoms with E-state index in [0.29, 0.717) is 23.2 Å². The number of hydrogen-bond acceptors (Lipinski definition) is 6. The number of thiophene rings is 1. The molecular weight excluding hydrogens is 378 g/mol. The molecule has 0 spiro atoms. The summed E-state index contributed by atoms with van der Waals surface area (Å²) in [6.07, 6.45) is 2.03. The molecule has 1 amide bonds. The van der Waals surface area contributed by atoms with Crippen molar-refractivity contribution < 1.29 is 14.3 Å². The number of aromatic nitrogens is 2. The van der Waals surface area contributed by atoms with Crippen molar-refractivity contribution in [1.82, 2.24) is 14.9 Å². The van der Waals surface area contributed by atoms with Gasteiger partial charge in [0.25, 0.3) is 11.5 Å². The molecule has 146 valence electrons. The van der Waals surface area contributed by atoms with Gasteiger partial charge in [-0.15, -0.1) is 11.3 Å². The summed E-state index contributed by atoms with van der Waals surface area (Å²) in [6.45, 7) is 3.58. The van der Waals surface area contributed by atoms with Crippen molar-refractivity contribution in [3.8, 4) is 0 Å². The van der Waals surface area contributed by atoms with E-state index in [0.717, 1.165) is 16.0 Å². The van der Waals surface area contributed by atoms with Crippen LogP contribution in [0.5, 0.6) is 0 Å². The average molecular weight is 399 g/mol. The number of ether oxygens (including phenoxy) is 1. The highest BCUT2D eigenvalue weighted by Gasteiger charge is 2.15. The molecule has 0 atom stereocenters. The number of nitrogens with one attached hydrogen (secondary N) is 1. The molecule has 0 saturated heterocycles. The largest absolute Gasteiger partial charge is 0.454 e. The van der Waals surface area contributed by atoms with Gasteiger partial charge in [0.2, 0.25) is 0 Å². The molecule has 0 aliphatic rings. The van der Waals surface area contributed by atoms with E-state index < -0.39 is 5.97 Å². The van der Waals surface area contributed by atoms with E-state index in [4.69, 9.17) is 4.74 Å². The Balaban J connectivity index is 1.49. The lowest BCUT2D eigenvalue weighted by molar-refractivity contribution is -0.149. The van der Waals surface area contributed by atoms with Gasteiger partial charge in [-0.25, -0.2) is 4.98 Å². The number of benzene rings is 1. The van der Waals surface area contributed by atoms with E-state index in [2.05, 4.69) is 10.3 Å². The molecule has 2 heterocycles. The van der Waals surface area contributed by atoms with E-state index in [-0.39, 0.29) is 24.6 Å². The molecule has 0 saturated carbocycles. The van der Waals surface area contributed by atoms with Gasteiger partial charge in [-0.3, -0.25) is 19.0 Å². The number of rotatable bonds is 7. The van der Waals surface area contributed by atoms with Crippen LogP contribution in [0.3, 0.4) is 0 Å². The van der Waals surface area contributed by atoms with E-state index in [9.17, 15) is 14.4 Å². The van der Waals surface area contributed by atoms with Gasteiger partial charge in [0.15, 0.2) is 6.61 Å². The fourth-order valence-electron chi connectivity index (χ4n) is 2.76. The third kappa shape index (κ3) is 4.64. The van der Waals surface area contributed by atoms with E-state index in [1.165, 1.54) is 22.2 Å². The van der Waals surface area contributed by atoms with Crippen LogP contribution in [0.25, 0.3) is 10.2 Å². The summed E-state index contributed by atoms with van der Waals surface area (Å²) in [5, 5.41) is 3.22. The van der Waals surface area contributed by atoms with Crippen LogP contribution in [-0.2, 0) is 27.3 Å².